The molecule has 1 aliphatic carbocycles. The molecule has 2 aromatic carbocycles. The Morgan fingerprint density at radius 2 is 1.15 bits per heavy atom. The number of allylic oxidation sites excluding steroid dienone is 2. The summed E-state index contributed by atoms with van der Waals surface area (Å²) < 4.78 is 10.9. The van der Waals surface area contributed by atoms with Gasteiger partial charge in [0.25, 0.3) is 0 Å². The van der Waals surface area contributed by atoms with Crippen molar-refractivity contribution >= 4 is 17.9 Å². The maximum absolute atomic E-state index is 12.9. The third-order valence-corrected chi connectivity index (χ3v) is 4.54. The standard InChI is InChI=1S/C24H26O3/c1-3-26-22-12-8-18(9-13-22)16-20-6-5-7-21(24(20)25)17-19-10-14-23(15-11-19)27-4-2/h8-17H,3-7H2,1-2H3/b20-16+,21-17+. The van der Waals surface area contributed by atoms with Crippen molar-refractivity contribution in [2.45, 2.75) is 33.1 Å². The molecule has 2 aromatic rings. The Morgan fingerprint density at radius 3 is 1.52 bits per heavy atom. The maximum Gasteiger partial charge on any atom is 0.185 e. The molecule has 0 bridgehead atoms. The van der Waals surface area contributed by atoms with Crippen LogP contribution in [0.2, 0.25) is 0 Å². The summed E-state index contributed by atoms with van der Waals surface area (Å²) in [5.41, 5.74) is 3.82. The highest BCUT2D eigenvalue weighted by Gasteiger charge is 2.20. The smallest absolute Gasteiger partial charge is 0.185 e. The van der Waals surface area contributed by atoms with E-state index < -0.39 is 0 Å². The van der Waals surface area contributed by atoms with E-state index in [2.05, 4.69) is 0 Å². The van der Waals surface area contributed by atoms with Crippen LogP contribution in [0.4, 0.5) is 0 Å². The predicted molar refractivity (Wildman–Crippen MR) is 110 cm³/mol. The lowest BCUT2D eigenvalue weighted by atomic mass is 9.87. The van der Waals surface area contributed by atoms with Gasteiger partial charge in [-0.15, -0.1) is 0 Å². The maximum atomic E-state index is 12.9. The van der Waals surface area contributed by atoms with Crippen LogP contribution in [-0.4, -0.2) is 19.0 Å². The fraction of sp³-hybridized carbons (Fsp3) is 0.292. The van der Waals surface area contributed by atoms with E-state index in [9.17, 15) is 4.79 Å². The van der Waals surface area contributed by atoms with Crippen LogP contribution in [0.25, 0.3) is 12.2 Å². The molecule has 0 atom stereocenters. The third kappa shape index (κ3) is 5.10. The van der Waals surface area contributed by atoms with E-state index in [1.165, 1.54) is 0 Å². The van der Waals surface area contributed by atoms with Crippen LogP contribution in [-0.2, 0) is 4.79 Å². The van der Waals surface area contributed by atoms with Gasteiger partial charge in [0.1, 0.15) is 11.5 Å². The van der Waals surface area contributed by atoms with E-state index in [-0.39, 0.29) is 5.78 Å². The molecular weight excluding hydrogens is 336 g/mol. The van der Waals surface area contributed by atoms with Gasteiger partial charge < -0.3 is 9.47 Å². The Labute approximate surface area is 161 Å². The summed E-state index contributed by atoms with van der Waals surface area (Å²) in [4.78, 5) is 12.9. The van der Waals surface area contributed by atoms with Crippen LogP contribution in [0.5, 0.6) is 11.5 Å². The van der Waals surface area contributed by atoms with E-state index in [1.807, 2.05) is 74.5 Å². The Kier molecular flexibility index (Phi) is 6.48. The van der Waals surface area contributed by atoms with Crippen molar-refractivity contribution < 1.29 is 14.3 Å². The highest BCUT2D eigenvalue weighted by molar-refractivity contribution is 6.13. The number of ether oxygens (including phenoxy) is 2. The van der Waals surface area contributed by atoms with Crippen molar-refractivity contribution in [3.63, 3.8) is 0 Å². The Balaban J connectivity index is 1.76. The van der Waals surface area contributed by atoms with Gasteiger partial charge in [0.05, 0.1) is 13.2 Å². The lowest BCUT2D eigenvalue weighted by Gasteiger charge is -2.16. The Bertz CT molecular complexity index is 757. The lowest BCUT2D eigenvalue weighted by molar-refractivity contribution is -0.112. The quantitative estimate of drug-likeness (QED) is 0.618. The van der Waals surface area contributed by atoms with E-state index in [4.69, 9.17) is 9.47 Å². The van der Waals surface area contributed by atoms with Crippen LogP contribution in [0.3, 0.4) is 0 Å². The molecule has 0 saturated heterocycles. The zero-order chi connectivity index (χ0) is 19.1. The molecular formula is C24H26O3. The van der Waals surface area contributed by atoms with Gasteiger partial charge in [-0.25, -0.2) is 0 Å². The van der Waals surface area contributed by atoms with Gasteiger partial charge in [-0.1, -0.05) is 24.3 Å². The lowest BCUT2D eigenvalue weighted by Crippen LogP contribution is -2.12. The Morgan fingerprint density at radius 1 is 0.741 bits per heavy atom. The van der Waals surface area contributed by atoms with Gasteiger partial charge in [0.2, 0.25) is 0 Å². The molecule has 3 rings (SSSR count). The second kappa shape index (κ2) is 9.22. The highest BCUT2D eigenvalue weighted by Crippen LogP contribution is 2.28. The summed E-state index contributed by atoms with van der Waals surface area (Å²) in [6.07, 6.45) is 6.66. The van der Waals surface area contributed by atoms with Crippen molar-refractivity contribution in [1.29, 1.82) is 0 Å². The fourth-order valence-corrected chi connectivity index (χ4v) is 3.23. The molecule has 140 valence electrons. The van der Waals surface area contributed by atoms with E-state index in [1.54, 1.807) is 0 Å². The van der Waals surface area contributed by atoms with E-state index in [0.29, 0.717) is 13.2 Å². The van der Waals surface area contributed by atoms with Gasteiger partial charge in [-0.05, 0) is 80.7 Å². The number of ketones is 1. The van der Waals surface area contributed by atoms with Gasteiger partial charge >= 0.3 is 0 Å². The second-order valence-corrected chi connectivity index (χ2v) is 6.53. The largest absolute Gasteiger partial charge is 0.494 e. The van der Waals surface area contributed by atoms with Crippen LogP contribution in [0.15, 0.2) is 59.7 Å². The SMILES string of the molecule is CCOc1ccc(/C=C2\CCC/C(=C\c3ccc(OCC)cc3)C2=O)cc1. The molecule has 1 saturated carbocycles. The van der Waals surface area contributed by atoms with E-state index >= 15 is 0 Å². The number of hydrogen-bond donors (Lipinski definition) is 0. The molecule has 1 aliphatic rings. The zero-order valence-electron chi connectivity index (χ0n) is 16.0. The summed E-state index contributed by atoms with van der Waals surface area (Å²) in [5, 5.41) is 0. The van der Waals surface area contributed by atoms with Crippen LogP contribution < -0.4 is 9.47 Å². The number of benzene rings is 2. The van der Waals surface area contributed by atoms with Crippen LogP contribution in [0.1, 0.15) is 44.2 Å². The van der Waals surface area contributed by atoms with E-state index in [0.717, 1.165) is 53.0 Å². The van der Waals surface area contributed by atoms with Gasteiger partial charge in [-0.3, -0.25) is 4.79 Å². The molecule has 0 unspecified atom stereocenters. The zero-order valence-corrected chi connectivity index (χ0v) is 16.0. The van der Waals surface area contributed by atoms with Crippen molar-refractivity contribution in [2.24, 2.45) is 0 Å². The molecule has 1 fully saturated rings. The summed E-state index contributed by atoms with van der Waals surface area (Å²) in [5.74, 6) is 1.86. The summed E-state index contributed by atoms with van der Waals surface area (Å²) in [6.45, 7) is 5.24. The molecule has 0 aliphatic heterocycles. The van der Waals surface area contributed by atoms with Crippen LogP contribution in [0, 0.1) is 0 Å². The first kappa shape index (κ1) is 19.0. The monoisotopic (exact) mass is 362 g/mol. The normalized spacial score (nSPS) is 17.3. The minimum Gasteiger partial charge on any atom is -0.494 e. The third-order valence-electron chi connectivity index (χ3n) is 4.54. The molecule has 3 heteroatoms. The number of carbonyl (C=O) groups excluding carboxylic acids is 1. The summed E-state index contributed by atoms with van der Waals surface area (Å²) in [7, 11) is 0. The average Bonchev–Trinajstić information content (AvgIpc) is 2.68. The molecule has 0 amide bonds. The minimum absolute atomic E-state index is 0.156. The van der Waals surface area contributed by atoms with Crippen molar-refractivity contribution in [3.8, 4) is 11.5 Å². The number of carbonyl (C=O) groups is 1. The molecule has 0 N–H and O–H groups in total. The van der Waals surface area contributed by atoms with Gasteiger partial charge in [-0.2, -0.15) is 0 Å². The topological polar surface area (TPSA) is 35.5 Å². The first-order valence-electron chi connectivity index (χ1n) is 9.61. The first-order valence-corrected chi connectivity index (χ1v) is 9.61. The summed E-state index contributed by atoms with van der Waals surface area (Å²) in [6, 6.07) is 15.8. The molecule has 3 nitrogen and oxygen atoms in total. The second-order valence-electron chi connectivity index (χ2n) is 6.53. The van der Waals surface area contributed by atoms with Crippen molar-refractivity contribution in [3.05, 3.63) is 70.8 Å². The van der Waals surface area contributed by atoms with Gasteiger partial charge in [0, 0.05) is 11.1 Å². The number of Topliss-reactive ketones (excluding diaryl/α,β-unsaturated/α-hetero) is 1. The highest BCUT2D eigenvalue weighted by atomic mass is 16.5. The van der Waals surface area contributed by atoms with Crippen LogP contribution >= 0.6 is 0 Å². The van der Waals surface area contributed by atoms with Gasteiger partial charge in [0.15, 0.2) is 5.78 Å². The molecule has 0 spiro atoms. The fourth-order valence-electron chi connectivity index (χ4n) is 3.23. The Hall–Kier alpha value is -2.81. The van der Waals surface area contributed by atoms with Crippen molar-refractivity contribution in [1.82, 2.24) is 0 Å². The molecule has 0 aromatic heterocycles. The van der Waals surface area contributed by atoms with Crippen molar-refractivity contribution in [2.75, 3.05) is 13.2 Å². The molecule has 0 radical (unpaired) electrons. The first-order chi connectivity index (χ1) is 13.2. The summed E-state index contributed by atoms with van der Waals surface area (Å²) >= 11 is 0. The minimum atomic E-state index is 0.156. The number of rotatable bonds is 6. The molecule has 0 heterocycles. The number of hydrogen-bond acceptors (Lipinski definition) is 3. The molecule has 27 heavy (non-hydrogen) atoms. The predicted octanol–water partition coefficient (Wildman–Crippen LogP) is 5.70. The average molecular weight is 362 g/mol.